The number of rotatable bonds is 17. The molecule has 0 aliphatic carbocycles. The van der Waals surface area contributed by atoms with Crippen molar-refractivity contribution in [1.82, 2.24) is 4.72 Å². The number of sulfonamides is 1. The molecule has 0 aliphatic heterocycles. The highest BCUT2D eigenvalue weighted by atomic mass is 32.2. The van der Waals surface area contributed by atoms with Crippen LogP contribution in [-0.2, 0) is 14.8 Å². The number of carboxylic acid groups (broad SMARTS) is 1. The topological polar surface area (TPSA) is 83.5 Å². The fourth-order valence-electron chi connectivity index (χ4n) is 3.11. The van der Waals surface area contributed by atoms with E-state index in [1.807, 2.05) is 21.1 Å². The molecule has 26 heavy (non-hydrogen) atoms. The summed E-state index contributed by atoms with van der Waals surface area (Å²) in [5, 5.41) is 9.00. The minimum absolute atomic E-state index is 0.0801. The van der Waals surface area contributed by atoms with Crippen molar-refractivity contribution in [1.29, 1.82) is 0 Å². The van der Waals surface area contributed by atoms with Crippen LogP contribution >= 0.6 is 0 Å². The Morgan fingerprint density at radius 2 is 1.38 bits per heavy atom. The molecule has 0 saturated heterocycles. The normalized spacial score (nSPS) is 13.7. The third-order valence-corrected chi connectivity index (χ3v) is 5.82. The van der Waals surface area contributed by atoms with E-state index >= 15 is 0 Å². The first kappa shape index (κ1) is 25.3. The Morgan fingerprint density at radius 3 is 1.81 bits per heavy atom. The van der Waals surface area contributed by atoms with Gasteiger partial charge in [0.15, 0.2) is 0 Å². The van der Waals surface area contributed by atoms with Crippen molar-refractivity contribution in [3.05, 3.63) is 0 Å². The third kappa shape index (κ3) is 16.8. The van der Waals surface area contributed by atoms with E-state index in [0.29, 0.717) is 17.4 Å². The lowest BCUT2D eigenvalue weighted by Gasteiger charge is -2.29. The number of quaternary nitrogens is 1. The van der Waals surface area contributed by atoms with E-state index in [1.165, 1.54) is 44.9 Å². The Labute approximate surface area is 161 Å². The second kappa shape index (κ2) is 13.5. The van der Waals surface area contributed by atoms with Crippen LogP contribution in [0.15, 0.2) is 0 Å². The summed E-state index contributed by atoms with van der Waals surface area (Å²) >= 11 is 0. The van der Waals surface area contributed by atoms with Gasteiger partial charge in [0, 0.05) is 0 Å². The van der Waals surface area contributed by atoms with E-state index in [4.69, 9.17) is 5.11 Å². The van der Waals surface area contributed by atoms with E-state index in [0.717, 1.165) is 12.8 Å². The lowest BCUT2D eigenvalue weighted by molar-refractivity contribution is -0.871. The molecule has 0 saturated carbocycles. The summed E-state index contributed by atoms with van der Waals surface area (Å²) in [7, 11) is 2.34. The van der Waals surface area contributed by atoms with Gasteiger partial charge in [-0.3, -0.25) is 4.79 Å². The van der Waals surface area contributed by atoms with Crippen molar-refractivity contribution in [2.75, 3.05) is 33.4 Å². The number of likely N-dealkylation sites (N-methyl/N-ethyl adjacent to an activating group) is 1. The van der Waals surface area contributed by atoms with Gasteiger partial charge < -0.3 is 9.59 Å². The Morgan fingerprint density at radius 1 is 0.923 bits per heavy atom. The van der Waals surface area contributed by atoms with Crippen LogP contribution in [0.1, 0.15) is 77.6 Å². The van der Waals surface area contributed by atoms with Gasteiger partial charge in [0.25, 0.3) is 0 Å². The van der Waals surface area contributed by atoms with Gasteiger partial charge in [0.2, 0.25) is 10.0 Å². The van der Waals surface area contributed by atoms with Crippen molar-refractivity contribution in [3.63, 3.8) is 0 Å². The van der Waals surface area contributed by atoms with Crippen LogP contribution in [0, 0.1) is 0 Å². The van der Waals surface area contributed by atoms with Gasteiger partial charge in [-0.2, -0.15) is 0 Å². The standard InChI is InChI=1S/C19H40N2O4S/c1-5-6-7-8-9-10-11-12-13-14-15-26(24,25)20-18(16-19(22)23)17-21(2,3)4/h18,20H,5-17H2,1-4H3/p+1/t18-/m1/s1. The maximum absolute atomic E-state index is 12.2. The number of carboxylic acids is 1. The van der Waals surface area contributed by atoms with Gasteiger partial charge >= 0.3 is 5.97 Å². The predicted octanol–water partition coefficient (Wildman–Crippen LogP) is 3.38. The smallest absolute Gasteiger partial charge is 0.305 e. The average molecular weight is 394 g/mol. The molecule has 0 heterocycles. The molecule has 0 spiro atoms. The zero-order valence-electron chi connectivity index (χ0n) is 17.3. The number of nitrogens with one attached hydrogen (secondary N) is 1. The van der Waals surface area contributed by atoms with E-state index in [2.05, 4.69) is 11.6 Å². The lowest BCUT2D eigenvalue weighted by atomic mass is 10.1. The first-order valence-corrected chi connectivity index (χ1v) is 11.7. The molecular formula is C19H41N2O4S+. The molecule has 0 rings (SSSR count). The molecule has 1 atom stereocenters. The average Bonchev–Trinajstić information content (AvgIpc) is 2.46. The summed E-state index contributed by atoms with van der Waals surface area (Å²) in [4.78, 5) is 11.0. The van der Waals surface area contributed by atoms with Gasteiger partial charge in [-0.1, -0.05) is 64.7 Å². The van der Waals surface area contributed by atoms with Crippen molar-refractivity contribution >= 4 is 16.0 Å². The SMILES string of the molecule is CCCCCCCCCCCCS(=O)(=O)N[C@H](CC(=O)O)C[N+](C)(C)C. The van der Waals surface area contributed by atoms with Gasteiger partial charge in [-0.15, -0.1) is 0 Å². The van der Waals surface area contributed by atoms with E-state index in [9.17, 15) is 13.2 Å². The fraction of sp³-hybridized carbons (Fsp3) is 0.947. The Kier molecular flexibility index (Phi) is 13.2. The molecule has 156 valence electrons. The summed E-state index contributed by atoms with van der Waals surface area (Å²) in [5.74, 6) is -0.901. The van der Waals surface area contributed by atoms with Crippen LogP contribution in [-0.4, -0.2) is 63.5 Å². The predicted molar refractivity (Wildman–Crippen MR) is 108 cm³/mol. The first-order chi connectivity index (χ1) is 12.1. The molecule has 0 radical (unpaired) electrons. The van der Waals surface area contributed by atoms with Gasteiger partial charge in [0.05, 0.1) is 45.9 Å². The number of hydrogen-bond donors (Lipinski definition) is 2. The zero-order chi connectivity index (χ0) is 20.1. The minimum Gasteiger partial charge on any atom is -0.481 e. The second-order valence-electron chi connectivity index (χ2n) is 8.39. The van der Waals surface area contributed by atoms with E-state index in [1.54, 1.807) is 0 Å². The Bertz CT molecular complexity index is 472. The number of unbranched alkanes of at least 4 members (excludes halogenated alkanes) is 9. The van der Waals surface area contributed by atoms with E-state index < -0.39 is 22.0 Å². The van der Waals surface area contributed by atoms with Crippen LogP contribution in [0.5, 0.6) is 0 Å². The minimum atomic E-state index is -3.43. The van der Waals surface area contributed by atoms with Crippen molar-refractivity contribution < 1.29 is 22.8 Å². The molecule has 0 unspecified atom stereocenters. The monoisotopic (exact) mass is 393 g/mol. The molecule has 0 aromatic carbocycles. The highest BCUT2D eigenvalue weighted by Gasteiger charge is 2.25. The molecule has 2 N–H and O–H groups in total. The maximum Gasteiger partial charge on any atom is 0.305 e. The van der Waals surface area contributed by atoms with Gasteiger partial charge in [0.1, 0.15) is 0 Å². The molecular weight excluding hydrogens is 352 g/mol. The van der Waals surface area contributed by atoms with Crippen LogP contribution in [0.4, 0.5) is 0 Å². The first-order valence-electron chi connectivity index (χ1n) is 10.1. The highest BCUT2D eigenvalue weighted by molar-refractivity contribution is 7.89. The Balaban J connectivity index is 4.02. The largest absolute Gasteiger partial charge is 0.481 e. The summed E-state index contributed by atoms with van der Waals surface area (Å²) in [6, 6.07) is -0.569. The maximum atomic E-state index is 12.2. The number of nitrogens with zero attached hydrogens (tertiary/aromatic N) is 1. The molecule has 6 nitrogen and oxygen atoms in total. The molecule has 0 aromatic heterocycles. The van der Waals surface area contributed by atoms with Crippen LogP contribution in [0.2, 0.25) is 0 Å². The Hall–Kier alpha value is -0.660. The molecule has 7 heteroatoms. The number of hydrogen-bond acceptors (Lipinski definition) is 3. The summed E-state index contributed by atoms with van der Waals surface area (Å²) in [6.07, 6.45) is 11.3. The number of aliphatic carboxylic acids is 1. The molecule has 0 bridgehead atoms. The van der Waals surface area contributed by atoms with Crippen molar-refractivity contribution in [2.45, 2.75) is 83.6 Å². The lowest BCUT2D eigenvalue weighted by Crippen LogP contribution is -2.50. The summed E-state index contributed by atoms with van der Waals surface area (Å²) in [6.45, 7) is 2.67. The van der Waals surface area contributed by atoms with Crippen LogP contribution in [0.3, 0.4) is 0 Å². The number of carbonyl (C=O) groups is 1. The van der Waals surface area contributed by atoms with Crippen molar-refractivity contribution in [2.24, 2.45) is 0 Å². The van der Waals surface area contributed by atoms with Crippen molar-refractivity contribution in [3.8, 4) is 0 Å². The summed E-state index contributed by atoms with van der Waals surface area (Å²) in [5.41, 5.74) is 0. The molecule has 0 amide bonds. The third-order valence-electron chi connectivity index (χ3n) is 4.30. The van der Waals surface area contributed by atoms with Gasteiger partial charge in [-0.05, 0) is 6.42 Å². The molecule has 0 aromatic rings. The van der Waals surface area contributed by atoms with Crippen LogP contribution < -0.4 is 4.72 Å². The second-order valence-corrected chi connectivity index (χ2v) is 10.3. The zero-order valence-corrected chi connectivity index (χ0v) is 18.1. The molecule has 0 aliphatic rings. The fourth-order valence-corrected chi connectivity index (χ4v) is 4.48. The quantitative estimate of drug-likeness (QED) is 0.293. The van der Waals surface area contributed by atoms with Crippen LogP contribution in [0.25, 0.3) is 0 Å². The molecule has 0 fully saturated rings. The summed E-state index contributed by atoms with van der Waals surface area (Å²) < 4.78 is 27.6. The van der Waals surface area contributed by atoms with E-state index in [-0.39, 0.29) is 12.2 Å². The van der Waals surface area contributed by atoms with Gasteiger partial charge in [-0.25, -0.2) is 13.1 Å². The highest BCUT2D eigenvalue weighted by Crippen LogP contribution is 2.11.